The number of hydrogen-bond acceptors (Lipinski definition) is 5. The van der Waals surface area contributed by atoms with Crippen LogP contribution >= 0.6 is 11.3 Å². The van der Waals surface area contributed by atoms with Crippen molar-refractivity contribution in [2.24, 2.45) is 0 Å². The fourth-order valence-electron chi connectivity index (χ4n) is 2.67. The third kappa shape index (κ3) is 2.43. The lowest BCUT2D eigenvalue weighted by molar-refractivity contribution is -0.387. The van der Waals surface area contributed by atoms with Crippen LogP contribution in [-0.4, -0.2) is 24.2 Å². The van der Waals surface area contributed by atoms with Crippen molar-refractivity contribution in [3.05, 3.63) is 55.8 Å². The lowest BCUT2D eigenvalue weighted by atomic mass is 10.1. The molecule has 2 aromatic rings. The second kappa shape index (κ2) is 5.45. The number of nitrogens with zero attached hydrogens (tertiary/aromatic N) is 2. The van der Waals surface area contributed by atoms with Crippen molar-refractivity contribution in [3.8, 4) is 0 Å². The predicted molar refractivity (Wildman–Crippen MR) is 83.5 cm³/mol. The summed E-state index contributed by atoms with van der Waals surface area (Å²) in [4.78, 5) is 11.5. The molecular formula is C14H14N2O4S2. The SMILES string of the molecule is Cc1cccc([N+](=O)[O-])c1S(=O)(=O)N1CCc2sccc2C1. The van der Waals surface area contributed by atoms with Crippen molar-refractivity contribution < 1.29 is 13.3 Å². The quantitative estimate of drug-likeness (QED) is 0.636. The summed E-state index contributed by atoms with van der Waals surface area (Å²) < 4.78 is 27.1. The number of benzene rings is 1. The van der Waals surface area contributed by atoms with Crippen LogP contribution in [0.1, 0.15) is 16.0 Å². The molecule has 2 heterocycles. The molecule has 0 bridgehead atoms. The van der Waals surface area contributed by atoms with Crippen LogP contribution in [0.4, 0.5) is 5.69 Å². The van der Waals surface area contributed by atoms with Gasteiger partial charge in [0.2, 0.25) is 10.0 Å². The molecule has 0 atom stereocenters. The Kier molecular flexibility index (Phi) is 3.75. The van der Waals surface area contributed by atoms with Crippen molar-refractivity contribution in [2.75, 3.05) is 6.54 Å². The van der Waals surface area contributed by atoms with Gasteiger partial charge in [0.05, 0.1) is 4.92 Å². The van der Waals surface area contributed by atoms with Crippen LogP contribution < -0.4 is 0 Å². The zero-order valence-corrected chi connectivity index (χ0v) is 13.5. The summed E-state index contributed by atoms with van der Waals surface area (Å²) in [5.74, 6) is 0. The van der Waals surface area contributed by atoms with Crippen LogP contribution in [0.3, 0.4) is 0 Å². The molecule has 0 spiro atoms. The molecule has 0 fully saturated rings. The van der Waals surface area contributed by atoms with E-state index in [0.29, 0.717) is 18.5 Å². The molecule has 0 saturated carbocycles. The molecule has 8 heteroatoms. The monoisotopic (exact) mass is 338 g/mol. The van der Waals surface area contributed by atoms with Crippen LogP contribution in [-0.2, 0) is 23.0 Å². The number of aryl methyl sites for hydroxylation is 1. The number of nitro groups is 1. The molecule has 0 N–H and O–H groups in total. The van der Waals surface area contributed by atoms with Crippen molar-refractivity contribution in [1.82, 2.24) is 4.31 Å². The smallest absolute Gasteiger partial charge is 0.258 e. The standard InChI is InChI=1S/C14H14N2O4S2/c1-10-3-2-4-12(16(17)18)14(10)22(19,20)15-7-5-13-11(9-15)6-8-21-13/h2-4,6,8H,5,7,9H2,1H3. The number of thiophene rings is 1. The highest BCUT2D eigenvalue weighted by Gasteiger charge is 2.35. The fourth-order valence-corrected chi connectivity index (χ4v) is 5.34. The van der Waals surface area contributed by atoms with E-state index in [1.807, 2.05) is 11.4 Å². The Morgan fingerprint density at radius 3 is 2.82 bits per heavy atom. The van der Waals surface area contributed by atoms with Crippen molar-refractivity contribution >= 4 is 27.0 Å². The summed E-state index contributed by atoms with van der Waals surface area (Å²) >= 11 is 1.62. The first kappa shape index (κ1) is 15.1. The van der Waals surface area contributed by atoms with E-state index in [1.54, 1.807) is 24.3 Å². The molecular weight excluding hydrogens is 324 g/mol. The van der Waals surface area contributed by atoms with Crippen LogP contribution in [0.5, 0.6) is 0 Å². The molecule has 1 aliphatic heterocycles. The average molecular weight is 338 g/mol. The van der Waals surface area contributed by atoms with Gasteiger partial charge in [-0.2, -0.15) is 4.31 Å². The van der Waals surface area contributed by atoms with Gasteiger partial charge in [0.1, 0.15) is 0 Å². The van der Waals surface area contributed by atoms with Gasteiger partial charge in [0.15, 0.2) is 4.90 Å². The maximum atomic E-state index is 12.9. The highest BCUT2D eigenvalue weighted by atomic mass is 32.2. The topological polar surface area (TPSA) is 80.5 Å². The van der Waals surface area contributed by atoms with Crippen molar-refractivity contribution in [1.29, 1.82) is 0 Å². The Hall–Kier alpha value is -1.77. The maximum Gasteiger partial charge on any atom is 0.289 e. The number of hydrogen-bond donors (Lipinski definition) is 0. The lowest BCUT2D eigenvalue weighted by Gasteiger charge is -2.26. The van der Waals surface area contributed by atoms with E-state index < -0.39 is 14.9 Å². The third-order valence-electron chi connectivity index (χ3n) is 3.76. The molecule has 6 nitrogen and oxygen atoms in total. The molecule has 0 radical (unpaired) electrons. The second-order valence-electron chi connectivity index (χ2n) is 5.14. The molecule has 0 unspecified atom stereocenters. The van der Waals surface area contributed by atoms with E-state index in [2.05, 4.69) is 0 Å². The minimum atomic E-state index is -3.89. The van der Waals surface area contributed by atoms with E-state index in [1.165, 1.54) is 21.3 Å². The first-order chi connectivity index (χ1) is 10.4. The maximum absolute atomic E-state index is 12.9. The molecule has 22 heavy (non-hydrogen) atoms. The minimum absolute atomic E-state index is 0.196. The molecule has 1 aliphatic rings. The summed E-state index contributed by atoms with van der Waals surface area (Å²) in [6.45, 7) is 2.20. The van der Waals surface area contributed by atoms with Crippen LogP contribution in [0.25, 0.3) is 0 Å². The van der Waals surface area contributed by atoms with E-state index in [-0.39, 0.29) is 17.1 Å². The summed E-state index contributed by atoms with van der Waals surface area (Å²) in [5.41, 5.74) is 1.01. The number of rotatable bonds is 3. The Bertz CT molecular complexity index is 842. The van der Waals surface area contributed by atoms with E-state index in [0.717, 1.165) is 5.56 Å². The summed E-state index contributed by atoms with van der Waals surface area (Å²) in [6, 6.07) is 6.23. The molecule has 3 rings (SSSR count). The first-order valence-corrected chi connectivity index (χ1v) is 9.02. The second-order valence-corrected chi connectivity index (χ2v) is 8.01. The van der Waals surface area contributed by atoms with Gasteiger partial charge in [0.25, 0.3) is 5.69 Å². The number of nitro benzene ring substituents is 1. The Balaban J connectivity index is 2.07. The first-order valence-electron chi connectivity index (χ1n) is 6.70. The van der Waals surface area contributed by atoms with Gasteiger partial charge in [-0.25, -0.2) is 8.42 Å². The van der Waals surface area contributed by atoms with Crippen LogP contribution in [0, 0.1) is 17.0 Å². The van der Waals surface area contributed by atoms with Gasteiger partial charge in [-0.1, -0.05) is 12.1 Å². The van der Waals surface area contributed by atoms with E-state index in [9.17, 15) is 18.5 Å². The molecule has 0 amide bonds. The summed E-state index contributed by atoms with van der Waals surface area (Å²) in [7, 11) is -3.89. The summed E-state index contributed by atoms with van der Waals surface area (Å²) in [5, 5.41) is 13.1. The molecule has 0 aliphatic carbocycles. The third-order valence-corrected chi connectivity index (χ3v) is 6.82. The fraction of sp³-hybridized carbons (Fsp3) is 0.286. The van der Waals surface area contributed by atoms with E-state index in [4.69, 9.17) is 0 Å². The van der Waals surface area contributed by atoms with Gasteiger partial charge >= 0.3 is 0 Å². The largest absolute Gasteiger partial charge is 0.289 e. The van der Waals surface area contributed by atoms with Crippen LogP contribution in [0.2, 0.25) is 0 Å². The molecule has 0 saturated heterocycles. The zero-order valence-electron chi connectivity index (χ0n) is 11.9. The number of sulfonamides is 1. The predicted octanol–water partition coefficient (Wildman–Crippen LogP) is 2.71. The van der Waals surface area contributed by atoms with E-state index >= 15 is 0 Å². The molecule has 1 aromatic carbocycles. The van der Waals surface area contributed by atoms with Gasteiger partial charge in [0, 0.05) is 24.0 Å². The van der Waals surface area contributed by atoms with Crippen molar-refractivity contribution in [2.45, 2.75) is 24.8 Å². The zero-order chi connectivity index (χ0) is 15.9. The Labute approximate surface area is 132 Å². The van der Waals surface area contributed by atoms with Crippen molar-refractivity contribution in [3.63, 3.8) is 0 Å². The lowest BCUT2D eigenvalue weighted by Crippen LogP contribution is -2.36. The Morgan fingerprint density at radius 2 is 2.09 bits per heavy atom. The minimum Gasteiger partial charge on any atom is -0.258 e. The highest BCUT2D eigenvalue weighted by molar-refractivity contribution is 7.89. The molecule has 116 valence electrons. The number of fused-ring (bicyclic) bond motifs is 1. The van der Waals surface area contributed by atoms with Gasteiger partial charge < -0.3 is 0 Å². The average Bonchev–Trinajstić information content (AvgIpc) is 2.93. The highest BCUT2D eigenvalue weighted by Crippen LogP contribution is 2.33. The van der Waals surface area contributed by atoms with Gasteiger partial charge in [-0.15, -0.1) is 11.3 Å². The normalized spacial score (nSPS) is 15.5. The molecule has 1 aromatic heterocycles. The summed E-state index contributed by atoms with van der Waals surface area (Å²) in [6.07, 6.45) is 0.645. The van der Waals surface area contributed by atoms with Gasteiger partial charge in [-0.3, -0.25) is 10.1 Å². The van der Waals surface area contributed by atoms with Crippen LogP contribution in [0.15, 0.2) is 34.5 Å². The van der Waals surface area contributed by atoms with Gasteiger partial charge in [-0.05, 0) is 35.9 Å². The Morgan fingerprint density at radius 1 is 1.32 bits per heavy atom.